The molecule has 0 saturated carbocycles. The topological polar surface area (TPSA) is 85.8 Å². The molecule has 3 aromatic heterocycles. The van der Waals surface area contributed by atoms with E-state index in [1.165, 1.54) is 6.07 Å². The highest BCUT2D eigenvalue weighted by atomic mass is 19.1. The van der Waals surface area contributed by atoms with Gasteiger partial charge in [0.05, 0.1) is 18.1 Å². The van der Waals surface area contributed by atoms with Crippen LogP contribution in [0, 0.1) is 5.82 Å². The number of hydrogen-bond acceptors (Lipinski definition) is 6. The fraction of sp³-hybridized carbons (Fsp3) is 0.280. The Bertz CT molecular complexity index is 1310. The highest BCUT2D eigenvalue weighted by molar-refractivity contribution is 5.67. The van der Waals surface area contributed by atoms with Crippen molar-refractivity contribution in [2.45, 2.75) is 39.3 Å². The largest absolute Gasteiger partial charge is 0.354 e. The lowest BCUT2D eigenvalue weighted by Crippen LogP contribution is -2.23. The number of pyridine rings is 1. The first-order valence-corrected chi connectivity index (χ1v) is 11.0. The molecule has 8 heteroatoms. The number of nitrogens with zero attached hydrogens (tertiary/aromatic N) is 4. The Labute approximate surface area is 191 Å². The van der Waals surface area contributed by atoms with E-state index in [1.54, 1.807) is 41.2 Å². The van der Waals surface area contributed by atoms with Gasteiger partial charge in [-0.25, -0.2) is 9.37 Å². The third-order valence-corrected chi connectivity index (χ3v) is 5.66. The van der Waals surface area contributed by atoms with Crippen LogP contribution in [0.4, 0.5) is 4.39 Å². The van der Waals surface area contributed by atoms with Gasteiger partial charge in [-0.05, 0) is 43.7 Å². The Morgan fingerprint density at radius 3 is 2.58 bits per heavy atom. The van der Waals surface area contributed by atoms with Gasteiger partial charge in [0.15, 0.2) is 5.76 Å². The molecule has 170 valence electrons. The maximum absolute atomic E-state index is 14.6. The number of aromatic nitrogens is 4. The lowest BCUT2D eigenvalue weighted by molar-refractivity contribution is 0.433. The van der Waals surface area contributed by atoms with E-state index < -0.39 is 0 Å². The molecule has 7 nitrogen and oxygen atoms in total. The molecule has 0 aliphatic rings. The minimum Gasteiger partial charge on any atom is -0.354 e. The van der Waals surface area contributed by atoms with Crippen LogP contribution >= 0.6 is 0 Å². The summed E-state index contributed by atoms with van der Waals surface area (Å²) < 4.78 is 21.8. The molecule has 4 aromatic rings. The maximum Gasteiger partial charge on any atom is 0.250 e. The van der Waals surface area contributed by atoms with Gasteiger partial charge in [-0.1, -0.05) is 25.1 Å². The quantitative estimate of drug-likeness (QED) is 0.416. The monoisotopic (exact) mass is 447 g/mol. The second-order valence-corrected chi connectivity index (χ2v) is 7.84. The van der Waals surface area contributed by atoms with Crippen LogP contribution in [-0.2, 0) is 6.54 Å². The Kier molecular flexibility index (Phi) is 6.74. The van der Waals surface area contributed by atoms with E-state index >= 15 is 0 Å². The number of rotatable bonds is 8. The zero-order valence-electron chi connectivity index (χ0n) is 18.9. The zero-order valence-corrected chi connectivity index (χ0v) is 18.9. The van der Waals surface area contributed by atoms with E-state index in [4.69, 9.17) is 4.52 Å². The van der Waals surface area contributed by atoms with Crippen molar-refractivity contribution in [2.24, 2.45) is 0 Å². The molecule has 0 unspecified atom stereocenters. The van der Waals surface area contributed by atoms with Crippen molar-refractivity contribution in [3.63, 3.8) is 0 Å². The summed E-state index contributed by atoms with van der Waals surface area (Å²) >= 11 is 0. The van der Waals surface area contributed by atoms with Gasteiger partial charge in [0.25, 0.3) is 5.56 Å². The molecule has 1 N–H and O–H groups in total. The van der Waals surface area contributed by atoms with Crippen LogP contribution in [0.3, 0.4) is 0 Å². The van der Waals surface area contributed by atoms with Crippen LogP contribution in [0.5, 0.6) is 0 Å². The standard InChI is InChI=1S/C25H26FN5O2/c1-4-18(5-2)31-15-17(7-9-25(31)32)22-13-28-14-23(29-22)24-11-21(30-33-24)19-8-6-16(12-27-3)10-20(19)26/h6-11,13-15,18,27H,4-5,12H2,1-3H3. The molecule has 1 aromatic carbocycles. The van der Waals surface area contributed by atoms with Gasteiger partial charge < -0.3 is 14.4 Å². The zero-order chi connectivity index (χ0) is 23.4. The summed E-state index contributed by atoms with van der Waals surface area (Å²) in [6.07, 6.45) is 6.74. The van der Waals surface area contributed by atoms with Gasteiger partial charge in [0.2, 0.25) is 0 Å². The van der Waals surface area contributed by atoms with Crippen LogP contribution < -0.4 is 10.9 Å². The lowest BCUT2D eigenvalue weighted by atomic mass is 10.1. The average molecular weight is 448 g/mol. The SMILES string of the molecule is CCC(CC)n1cc(-c2cncc(-c3cc(-c4ccc(CNC)cc4F)no3)n2)ccc1=O. The summed E-state index contributed by atoms with van der Waals surface area (Å²) in [4.78, 5) is 21.3. The summed E-state index contributed by atoms with van der Waals surface area (Å²) in [7, 11) is 1.81. The molecule has 0 spiro atoms. The molecule has 0 fully saturated rings. The Morgan fingerprint density at radius 1 is 1.06 bits per heavy atom. The van der Waals surface area contributed by atoms with Gasteiger partial charge in [0.1, 0.15) is 17.2 Å². The molecular formula is C25H26FN5O2. The Hall–Kier alpha value is -3.65. The molecular weight excluding hydrogens is 421 g/mol. The minimum atomic E-state index is -0.369. The maximum atomic E-state index is 14.6. The van der Waals surface area contributed by atoms with Gasteiger partial charge in [-0.3, -0.25) is 9.78 Å². The molecule has 0 aliphatic heterocycles. The third-order valence-electron chi connectivity index (χ3n) is 5.66. The fourth-order valence-corrected chi connectivity index (χ4v) is 3.85. The van der Waals surface area contributed by atoms with Crippen LogP contribution in [0.1, 0.15) is 38.3 Å². The van der Waals surface area contributed by atoms with Crippen molar-refractivity contribution in [3.05, 3.63) is 76.7 Å². The normalized spacial score (nSPS) is 11.3. The fourth-order valence-electron chi connectivity index (χ4n) is 3.85. The molecule has 0 radical (unpaired) electrons. The Balaban J connectivity index is 1.66. The van der Waals surface area contributed by atoms with Crippen molar-refractivity contribution in [1.29, 1.82) is 0 Å². The third kappa shape index (κ3) is 4.75. The summed E-state index contributed by atoms with van der Waals surface area (Å²) in [5, 5.41) is 7.03. The van der Waals surface area contributed by atoms with Crippen LogP contribution in [0.25, 0.3) is 34.0 Å². The van der Waals surface area contributed by atoms with Crippen molar-refractivity contribution in [3.8, 4) is 34.0 Å². The number of halogens is 1. The van der Waals surface area contributed by atoms with Gasteiger partial charge in [-0.15, -0.1) is 0 Å². The average Bonchev–Trinajstić information content (AvgIpc) is 3.31. The van der Waals surface area contributed by atoms with Crippen molar-refractivity contribution in [2.75, 3.05) is 7.05 Å². The first kappa shape index (κ1) is 22.5. The minimum absolute atomic E-state index is 0.0424. The second kappa shape index (κ2) is 9.87. The van der Waals surface area contributed by atoms with Gasteiger partial charge >= 0.3 is 0 Å². The van der Waals surface area contributed by atoms with Crippen LogP contribution in [0.15, 0.2) is 64.3 Å². The molecule has 33 heavy (non-hydrogen) atoms. The van der Waals surface area contributed by atoms with E-state index in [2.05, 4.69) is 34.3 Å². The number of hydrogen-bond donors (Lipinski definition) is 1. The first-order valence-electron chi connectivity index (χ1n) is 11.0. The predicted octanol–water partition coefficient (Wildman–Crippen LogP) is 4.85. The Morgan fingerprint density at radius 2 is 1.85 bits per heavy atom. The molecule has 0 amide bonds. The van der Waals surface area contributed by atoms with Crippen molar-refractivity contribution >= 4 is 0 Å². The number of nitrogens with one attached hydrogen (secondary N) is 1. The smallest absolute Gasteiger partial charge is 0.250 e. The summed E-state index contributed by atoms with van der Waals surface area (Å²) in [6.45, 7) is 4.70. The first-order chi connectivity index (χ1) is 16.0. The molecule has 0 atom stereocenters. The highest BCUT2D eigenvalue weighted by Crippen LogP contribution is 2.28. The van der Waals surface area contributed by atoms with E-state index in [0.29, 0.717) is 35.0 Å². The predicted molar refractivity (Wildman–Crippen MR) is 125 cm³/mol. The van der Waals surface area contributed by atoms with Crippen molar-refractivity contribution < 1.29 is 8.91 Å². The second-order valence-electron chi connectivity index (χ2n) is 7.84. The summed E-state index contributed by atoms with van der Waals surface area (Å²) in [5.74, 6) is 0.0115. The van der Waals surface area contributed by atoms with E-state index in [-0.39, 0.29) is 17.4 Å². The molecule has 3 heterocycles. The van der Waals surface area contributed by atoms with Crippen LogP contribution in [-0.4, -0.2) is 26.7 Å². The highest BCUT2D eigenvalue weighted by Gasteiger charge is 2.15. The van der Waals surface area contributed by atoms with E-state index in [9.17, 15) is 9.18 Å². The van der Waals surface area contributed by atoms with E-state index in [1.807, 2.05) is 19.3 Å². The molecule has 0 bridgehead atoms. The lowest BCUT2D eigenvalue weighted by Gasteiger charge is -2.17. The van der Waals surface area contributed by atoms with Crippen LogP contribution in [0.2, 0.25) is 0 Å². The molecule has 4 rings (SSSR count). The number of benzene rings is 1. The van der Waals surface area contributed by atoms with Gasteiger partial charge in [-0.2, -0.15) is 0 Å². The summed E-state index contributed by atoms with van der Waals surface area (Å²) in [5.41, 5.74) is 3.39. The molecule has 0 aliphatic carbocycles. The molecule has 0 saturated heterocycles. The van der Waals surface area contributed by atoms with Gasteiger partial charge in [0, 0.05) is 42.0 Å². The van der Waals surface area contributed by atoms with Crippen molar-refractivity contribution in [1.82, 2.24) is 25.0 Å². The summed E-state index contributed by atoms with van der Waals surface area (Å²) in [6, 6.07) is 10.1. The van der Waals surface area contributed by atoms with E-state index in [0.717, 1.165) is 24.0 Å².